The second-order valence-electron chi connectivity index (χ2n) is 12.4. The van der Waals surface area contributed by atoms with E-state index in [0.29, 0.717) is 12.4 Å². The summed E-state index contributed by atoms with van der Waals surface area (Å²) in [5, 5.41) is 13.1. The summed E-state index contributed by atoms with van der Waals surface area (Å²) in [5.41, 5.74) is 6.35. The third kappa shape index (κ3) is 2.93. The first-order chi connectivity index (χ1) is 19.1. The van der Waals surface area contributed by atoms with Crippen LogP contribution in [0.4, 0.5) is 0 Å². The van der Waals surface area contributed by atoms with E-state index in [0.717, 1.165) is 60.1 Å². The van der Waals surface area contributed by atoms with Gasteiger partial charge in [0.2, 0.25) is 0 Å². The molecule has 1 saturated heterocycles. The number of nitrogens with one attached hydrogen (secondary N) is 1. The van der Waals surface area contributed by atoms with Gasteiger partial charge in [0.15, 0.2) is 17.6 Å². The van der Waals surface area contributed by atoms with Crippen LogP contribution in [0.1, 0.15) is 53.3 Å². The molecule has 4 atom stereocenters. The van der Waals surface area contributed by atoms with Crippen molar-refractivity contribution in [3.05, 3.63) is 93.6 Å². The van der Waals surface area contributed by atoms with Crippen molar-refractivity contribution in [2.45, 2.75) is 61.9 Å². The number of fused-ring (bicyclic) bond motifs is 4. The van der Waals surface area contributed by atoms with Crippen LogP contribution in [-0.4, -0.2) is 39.7 Å². The number of hydrogen-bond donors (Lipinski definition) is 2. The Bertz CT molecular complexity index is 1640. The molecule has 1 spiro atoms. The van der Waals surface area contributed by atoms with Gasteiger partial charge in [0.25, 0.3) is 0 Å². The fourth-order valence-corrected chi connectivity index (χ4v) is 8.74. The third-order valence-electron chi connectivity index (χ3n) is 10.4. The maximum atomic E-state index is 11.1. The van der Waals surface area contributed by atoms with Gasteiger partial charge in [-0.05, 0) is 79.1 Å². The van der Waals surface area contributed by atoms with Crippen molar-refractivity contribution < 1.29 is 14.6 Å². The molecule has 39 heavy (non-hydrogen) atoms. The quantitative estimate of drug-likeness (QED) is 0.306. The molecule has 2 N–H and O–H groups in total. The van der Waals surface area contributed by atoms with E-state index in [4.69, 9.17) is 21.1 Å². The summed E-state index contributed by atoms with van der Waals surface area (Å²) in [4.78, 5) is 6.51. The zero-order valence-corrected chi connectivity index (χ0v) is 22.5. The van der Waals surface area contributed by atoms with Crippen molar-refractivity contribution in [2.75, 3.05) is 13.1 Å². The molecule has 0 unspecified atom stereocenters. The molecule has 2 fully saturated rings. The van der Waals surface area contributed by atoms with Crippen molar-refractivity contribution in [1.29, 1.82) is 0 Å². The molecule has 5 nitrogen and oxygen atoms in total. The van der Waals surface area contributed by atoms with Gasteiger partial charge in [0, 0.05) is 40.5 Å². The number of hydrogen-bond acceptors (Lipinski definition) is 4. The van der Waals surface area contributed by atoms with Crippen molar-refractivity contribution in [2.24, 2.45) is 5.92 Å². The third-order valence-corrected chi connectivity index (χ3v) is 10.7. The number of nitrogens with zero attached hydrogens (tertiary/aromatic N) is 1. The Labute approximate surface area is 232 Å². The highest BCUT2D eigenvalue weighted by atomic mass is 35.5. The monoisotopic (exact) mass is 538 g/mol. The molecule has 0 radical (unpaired) electrons. The summed E-state index contributed by atoms with van der Waals surface area (Å²) in [6.07, 6.45) is 5.11. The standard InChI is InChI=1S/C33H31ClN2O3/c34-22-10-7-20(8-11-22)18-38-33-16-24-23-3-1-2-4-25(23)35-29(24)31-32(33)13-14-36(17-19-5-6-19)27(33)15-21-9-12-26(37)30(39-31)28(21)32/h1-4,7-12,19,27,31,35,37H,5-6,13-18H2/t27-,31-,32-,33+/m0/s1. The maximum absolute atomic E-state index is 11.1. The van der Waals surface area contributed by atoms with Gasteiger partial charge in [-0.3, -0.25) is 4.90 Å². The lowest BCUT2D eigenvalue weighted by molar-refractivity contribution is -0.210. The number of aromatic hydroxyl groups is 1. The van der Waals surface area contributed by atoms with E-state index >= 15 is 0 Å². The van der Waals surface area contributed by atoms with Gasteiger partial charge in [0.05, 0.1) is 17.7 Å². The molecule has 6 heteroatoms. The Hall–Kier alpha value is -2.99. The summed E-state index contributed by atoms with van der Waals surface area (Å²) < 4.78 is 14.3. The number of benzene rings is 3. The summed E-state index contributed by atoms with van der Waals surface area (Å²) >= 11 is 6.23. The first kappa shape index (κ1) is 22.8. The second-order valence-corrected chi connectivity index (χ2v) is 12.8. The molecule has 3 aromatic carbocycles. The van der Waals surface area contributed by atoms with E-state index in [1.54, 1.807) is 0 Å². The van der Waals surface area contributed by atoms with Crippen LogP contribution in [-0.2, 0) is 29.6 Å². The molecule has 198 valence electrons. The molecule has 3 aliphatic carbocycles. The number of aromatic nitrogens is 1. The lowest BCUT2D eigenvalue weighted by Crippen LogP contribution is -2.75. The van der Waals surface area contributed by atoms with Gasteiger partial charge in [-0.25, -0.2) is 0 Å². The number of likely N-dealkylation sites (tertiary alicyclic amines) is 1. The average Bonchev–Trinajstić information content (AvgIpc) is 3.59. The molecular weight excluding hydrogens is 508 g/mol. The molecule has 1 saturated carbocycles. The van der Waals surface area contributed by atoms with Gasteiger partial charge in [-0.15, -0.1) is 0 Å². The summed E-state index contributed by atoms with van der Waals surface area (Å²) in [6.45, 7) is 2.68. The Balaban J connectivity index is 1.29. The predicted octanol–water partition coefficient (Wildman–Crippen LogP) is 6.45. The highest BCUT2D eigenvalue weighted by molar-refractivity contribution is 6.30. The minimum absolute atomic E-state index is 0.230. The minimum Gasteiger partial charge on any atom is -0.504 e. The van der Waals surface area contributed by atoms with Crippen LogP contribution in [0, 0.1) is 5.92 Å². The number of phenols is 1. The topological polar surface area (TPSA) is 57.7 Å². The lowest BCUT2D eigenvalue weighted by atomic mass is 9.48. The van der Waals surface area contributed by atoms with E-state index < -0.39 is 5.60 Å². The van der Waals surface area contributed by atoms with Crippen molar-refractivity contribution >= 4 is 22.5 Å². The van der Waals surface area contributed by atoms with Gasteiger partial charge in [0.1, 0.15) is 5.60 Å². The Morgan fingerprint density at radius 1 is 1.08 bits per heavy atom. The predicted molar refractivity (Wildman–Crippen MR) is 151 cm³/mol. The van der Waals surface area contributed by atoms with E-state index in [2.05, 4.69) is 52.3 Å². The molecule has 9 rings (SSSR count). The summed E-state index contributed by atoms with van der Waals surface area (Å²) in [6, 6.07) is 20.8. The summed E-state index contributed by atoms with van der Waals surface area (Å²) in [5.74, 6) is 1.70. The number of piperidine rings is 1. The maximum Gasteiger partial charge on any atom is 0.166 e. The van der Waals surface area contributed by atoms with Crippen molar-refractivity contribution in [3.63, 3.8) is 0 Å². The van der Waals surface area contributed by atoms with Crippen molar-refractivity contribution in [1.82, 2.24) is 9.88 Å². The van der Waals surface area contributed by atoms with Gasteiger partial charge >= 0.3 is 0 Å². The van der Waals surface area contributed by atoms with Gasteiger partial charge in [-0.1, -0.05) is 48.0 Å². The fraction of sp³-hybridized carbons (Fsp3) is 0.394. The van der Waals surface area contributed by atoms with E-state index in [9.17, 15) is 5.11 Å². The minimum atomic E-state index is -0.492. The molecule has 2 aliphatic heterocycles. The van der Waals surface area contributed by atoms with E-state index in [1.807, 2.05) is 18.2 Å². The average molecular weight is 539 g/mol. The number of aromatic amines is 1. The fourth-order valence-electron chi connectivity index (χ4n) is 8.61. The van der Waals surface area contributed by atoms with Crippen LogP contribution >= 0.6 is 11.6 Å². The van der Waals surface area contributed by atoms with Gasteiger partial charge in [-0.2, -0.15) is 0 Å². The molecule has 3 heterocycles. The van der Waals surface area contributed by atoms with E-state index in [-0.39, 0.29) is 23.3 Å². The zero-order chi connectivity index (χ0) is 25.9. The summed E-state index contributed by atoms with van der Waals surface area (Å²) in [7, 11) is 0. The SMILES string of the molecule is Oc1ccc2c3c1O[C@H]1c4[nH]c5ccccc5c4C[C@@]4(OCc5ccc(Cl)cc5)[C@H](C2)N(CC2CC2)CC[C@]314. The number of para-hydroxylation sites is 1. The molecule has 1 aromatic heterocycles. The zero-order valence-electron chi connectivity index (χ0n) is 21.8. The largest absolute Gasteiger partial charge is 0.504 e. The highest BCUT2D eigenvalue weighted by Gasteiger charge is 2.74. The smallest absolute Gasteiger partial charge is 0.166 e. The van der Waals surface area contributed by atoms with Crippen LogP contribution in [0.25, 0.3) is 10.9 Å². The molecule has 4 aromatic rings. The first-order valence-corrected chi connectivity index (χ1v) is 14.7. The molecule has 2 bridgehead atoms. The van der Waals surface area contributed by atoms with Gasteiger partial charge < -0.3 is 19.6 Å². The number of ether oxygens (including phenoxy) is 2. The number of phenolic OH excluding ortho intramolecular Hbond substituents is 1. The molecule has 5 aliphatic rings. The van der Waals surface area contributed by atoms with Crippen LogP contribution in [0.3, 0.4) is 0 Å². The van der Waals surface area contributed by atoms with Crippen molar-refractivity contribution in [3.8, 4) is 11.5 Å². The van der Waals surface area contributed by atoms with Crippen LogP contribution in [0.2, 0.25) is 5.02 Å². The first-order valence-electron chi connectivity index (χ1n) is 14.3. The van der Waals surface area contributed by atoms with Crippen LogP contribution < -0.4 is 4.74 Å². The molecular formula is C33H31ClN2O3. The molecule has 0 amide bonds. The number of halogens is 1. The Morgan fingerprint density at radius 3 is 2.77 bits per heavy atom. The highest BCUT2D eigenvalue weighted by Crippen LogP contribution is 2.70. The lowest BCUT2D eigenvalue weighted by Gasteiger charge is -2.64. The second kappa shape index (κ2) is 7.81. The normalized spacial score (nSPS) is 30.2. The number of H-pyrrole nitrogens is 1. The number of rotatable bonds is 5. The van der Waals surface area contributed by atoms with Crippen LogP contribution in [0.5, 0.6) is 11.5 Å². The Morgan fingerprint density at radius 2 is 1.92 bits per heavy atom. The van der Waals surface area contributed by atoms with Crippen LogP contribution in [0.15, 0.2) is 60.7 Å². The Kier molecular flexibility index (Phi) is 4.56. The van der Waals surface area contributed by atoms with E-state index in [1.165, 1.54) is 34.9 Å².